The van der Waals surface area contributed by atoms with E-state index in [1.807, 2.05) is 19.9 Å². The van der Waals surface area contributed by atoms with Gasteiger partial charge in [0.15, 0.2) is 6.29 Å². The summed E-state index contributed by atoms with van der Waals surface area (Å²) in [6, 6.07) is 4.08. The van der Waals surface area contributed by atoms with Gasteiger partial charge in [0, 0.05) is 21.8 Å². The zero-order valence-electron chi connectivity index (χ0n) is 9.78. The van der Waals surface area contributed by atoms with Crippen molar-refractivity contribution in [2.24, 2.45) is 0 Å². The van der Waals surface area contributed by atoms with Crippen LogP contribution < -0.4 is 0 Å². The van der Waals surface area contributed by atoms with E-state index < -0.39 is 0 Å². The molecule has 3 heteroatoms. The summed E-state index contributed by atoms with van der Waals surface area (Å²) in [5.74, 6) is 0. The predicted molar refractivity (Wildman–Crippen MR) is 67.5 cm³/mol. The first-order valence-electron chi connectivity index (χ1n) is 5.28. The van der Waals surface area contributed by atoms with Gasteiger partial charge in [-0.15, -0.1) is 11.3 Å². The molecule has 0 aliphatic carbocycles. The van der Waals surface area contributed by atoms with Crippen LogP contribution in [0.3, 0.4) is 0 Å². The van der Waals surface area contributed by atoms with E-state index in [-0.39, 0.29) is 0 Å². The molecule has 2 rings (SSSR count). The predicted octanol–water partition coefficient (Wildman–Crippen LogP) is 3.34. The fourth-order valence-electron chi connectivity index (χ4n) is 1.90. The van der Waals surface area contributed by atoms with Crippen LogP contribution in [-0.2, 0) is 6.54 Å². The zero-order chi connectivity index (χ0) is 11.7. The third-order valence-electron chi connectivity index (χ3n) is 3.01. The molecule has 84 valence electrons. The van der Waals surface area contributed by atoms with Crippen LogP contribution in [0.15, 0.2) is 17.5 Å². The molecule has 0 saturated carbocycles. The summed E-state index contributed by atoms with van der Waals surface area (Å²) in [4.78, 5) is 12.2. The van der Waals surface area contributed by atoms with E-state index in [1.165, 1.54) is 10.4 Å². The monoisotopic (exact) mass is 233 g/mol. The van der Waals surface area contributed by atoms with Crippen molar-refractivity contribution in [1.29, 1.82) is 0 Å². The molecule has 16 heavy (non-hydrogen) atoms. The lowest BCUT2D eigenvalue weighted by atomic mass is 10.2. The second-order valence-electron chi connectivity index (χ2n) is 4.06. The average molecular weight is 233 g/mol. The summed E-state index contributed by atoms with van der Waals surface area (Å²) in [7, 11) is 0. The summed E-state index contributed by atoms with van der Waals surface area (Å²) in [5, 5.41) is 2.11. The average Bonchev–Trinajstić information content (AvgIpc) is 2.77. The van der Waals surface area contributed by atoms with Crippen LogP contribution >= 0.6 is 11.3 Å². The van der Waals surface area contributed by atoms with E-state index in [0.29, 0.717) is 0 Å². The summed E-state index contributed by atoms with van der Waals surface area (Å²) >= 11 is 1.77. The molecule has 0 atom stereocenters. The Labute approximate surface area is 99.5 Å². The summed E-state index contributed by atoms with van der Waals surface area (Å²) in [6.07, 6.45) is 0.931. The molecule has 0 radical (unpaired) electrons. The fraction of sp³-hybridized carbons (Fsp3) is 0.308. The molecule has 2 aromatic heterocycles. The van der Waals surface area contributed by atoms with E-state index in [2.05, 4.69) is 22.9 Å². The number of carbonyl (C=O) groups excluding carboxylic acids is 1. The molecule has 0 amide bonds. The number of aromatic nitrogens is 1. The highest BCUT2D eigenvalue weighted by atomic mass is 32.1. The molecule has 0 unspecified atom stereocenters. The van der Waals surface area contributed by atoms with Crippen molar-refractivity contribution in [3.05, 3.63) is 44.9 Å². The highest BCUT2D eigenvalue weighted by molar-refractivity contribution is 7.10. The van der Waals surface area contributed by atoms with Gasteiger partial charge in [-0.25, -0.2) is 0 Å². The SMILES string of the molecule is Cc1ccsc1Cn1c(C)cc(C=O)c1C. The van der Waals surface area contributed by atoms with Gasteiger partial charge in [-0.1, -0.05) is 0 Å². The van der Waals surface area contributed by atoms with Crippen molar-refractivity contribution in [3.63, 3.8) is 0 Å². The first-order valence-corrected chi connectivity index (χ1v) is 6.16. The van der Waals surface area contributed by atoms with Crippen molar-refractivity contribution in [2.45, 2.75) is 27.3 Å². The van der Waals surface area contributed by atoms with Gasteiger partial charge in [0.2, 0.25) is 0 Å². The Morgan fingerprint density at radius 1 is 1.38 bits per heavy atom. The Balaban J connectivity index is 2.38. The van der Waals surface area contributed by atoms with Crippen LogP contribution in [0, 0.1) is 20.8 Å². The molecule has 0 spiro atoms. The molecule has 0 fully saturated rings. The molecule has 0 saturated heterocycles. The van der Waals surface area contributed by atoms with Gasteiger partial charge in [0.25, 0.3) is 0 Å². The molecule has 2 heterocycles. The minimum absolute atomic E-state index is 0.798. The van der Waals surface area contributed by atoms with Gasteiger partial charge in [-0.2, -0.15) is 0 Å². The van der Waals surface area contributed by atoms with Gasteiger partial charge in [0.05, 0.1) is 6.54 Å². The summed E-state index contributed by atoms with van der Waals surface area (Å²) < 4.78 is 2.20. The molecule has 0 N–H and O–H groups in total. The maximum absolute atomic E-state index is 10.9. The maximum Gasteiger partial charge on any atom is 0.151 e. The van der Waals surface area contributed by atoms with Crippen LogP contribution in [0.1, 0.15) is 32.2 Å². The van der Waals surface area contributed by atoms with Crippen LogP contribution in [0.2, 0.25) is 0 Å². The molecule has 0 aliphatic rings. The molecular weight excluding hydrogens is 218 g/mol. The van der Waals surface area contributed by atoms with Crippen molar-refractivity contribution >= 4 is 17.6 Å². The Kier molecular flexibility index (Phi) is 2.97. The smallest absolute Gasteiger partial charge is 0.151 e. The van der Waals surface area contributed by atoms with Gasteiger partial charge in [-0.3, -0.25) is 4.79 Å². The molecular formula is C13H15NOS. The van der Waals surface area contributed by atoms with Crippen molar-refractivity contribution in [2.75, 3.05) is 0 Å². The number of aryl methyl sites for hydroxylation is 2. The number of aldehydes is 1. The third-order valence-corrected chi connectivity index (χ3v) is 4.02. The van der Waals surface area contributed by atoms with Gasteiger partial charge in [0.1, 0.15) is 0 Å². The normalized spacial score (nSPS) is 10.7. The topological polar surface area (TPSA) is 22.0 Å². The van der Waals surface area contributed by atoms with Gasteiger partial charge < -0.3 is 4.57 Å². The second kappa shape index (κ2) is 4.26. The van der Waals surface area contributed by atoms with Crippen molar-refractivity contribution in [3.8, 4) is 0 Å². The lowest BCUT2D eigenvalue weighted by Crippen LogP contribution is -2.03. The first kappa shape index (κ1) is 11.1. The maximum atomic E-state index is 10.9. The first-order chi connectivity index (χ1) is 7.63. The number of hydrogen-bond donors (Lipinski definition) is 0. The Morgan fingerprint density at radius 3 is 2.62 bits per heavy atom. The van der Waals surface area contributed by atoms with E-state index in [1.54, 1.807) is 11.3 Å². The number of carbonyl (C=O) groups is 1. The quantitative estimate of drug-likeness (QED) is 0.745. The van der Waals surface area contributed by atoms with Gasteiger partial charge >= 0.3 is 0 Å². The highest BCUT2D eigenvalue weighted by Gasteiger charge is 2.10. The van der Waals surface area contributed by atoms with Crippen LogP contribution in [0.4, 0.5) is 0 Å². The van der Waals surface area contributed by atoms with E-state index in [9.17, 15) is 4.79 Å². The number of hydrogen-bond acceptors (Lipinski definition) is 2. The Bertz CT molecular complexity index is 522. The third kappa shape index (κ3) is 1.83. The van der Waals surface area contributed by atoms with Crippen molar-refractivity contribution in [1.82, 2.24) is 4.57 Å². The summed E-state index contributed by atoms with van der Waals surface area (Å²) in [6.45, 7) is 7.04. The van der Waals surface area contributed by atoms with Crippen LogP contribution in [0.5, 0.6) is 0 Å². The molecule has 0 bridgehead atoms. The lowest BCUT2D eigenvalue weighted by Gasteiger charge is -2.08. The number of nitrogens with zero attached hydrogens (tertiary/aromatic N) is 1. The molecule has 2 aromatic rings. The highest BCUT2D eigenvalue weighted by Crippen LogP contribution is 2.21. The molecule has 0 aliphatic heterocycles. The number of rotatable bonds is 3. The van der Waals surface area contributed by atoms with E-state index in [0.717, 1.165) is 29.8 Å². The van der Waals surface area contributed by atoms with E-state index >= 15 is 0 Å². The lowest BCUT2D eigenvalue weighted by molar-refractivity contribution is 0.112. The van der Waals surface area contributed by atoms with Gasteiger partial charge in [-0.05, 0) is 43.8 Å². The minimum Gasteiger partial charge on any atom is -0.343 e. The zero-order valence-corrected chi connectivity index (χ0v) is 10.6. The molecule has 0 aromatic carbocycles. The van der Waals surface area contributed by atoms with Crippen molar-refractivity contribution < 1.29 is 4.79 Å². The minimum atomic E-state index is 0.798. The Morgan fingerprint density at radius 2 is 2.12 bits per heavy atom. The van der Waals surface area contributed by atoms with E-state index in [4.69, 9.17) is 0 Å². The largest absolute Gasteiger partial charge is 0.343 e. The summed E-state index contributed by atoms with van der Waals surface area (Å²) in [5.41, 5.74) is 4.32. The van der Waals surface area contributed by atoms with Crippen LogP contribution in [0.25, 0.3) is 0 Å². The number of thiophene rings is 1. The molecule has 2 nitrogen and oxygen atoms in total. The standard InChI is InChI=1S/C13H15NOS/c1-9-4-5-16-13(9)7-14-10(2)6-12(8-15)11(14)3/h4-6,8H,7H2,1-3H3. The second-order valence-corrected chi connectivity index (χ2v) is 5.06. The van der Waals surface area contributed by atoms with Crippen LogP contribution in [-0.4, -0.2) is 10.9 Å². The fourth-order valence-corrected chi connectivity index (χ4v) is 2.79. The Hall–Kier alpha value is -1.35.